The second kappa shape index (κ2) is 4.82. The number of aryl methyl sites for hydroxylation is 1. The maximum Gasteiger partial charge on any atom is 0.318 e. The van der Waals surface area contributed by atoms with Crippen molar-refractivity contribution in [2.24, 2.45) is 0 Å². The van der Waals surface area contributed by atoms with Crippen LogP contribution in [-0.4, -0.2) is 28.0 Å². The predicted molar refractivity (Wildman–Crippen MR) is 66.1 cm³/mol. The van der Waals surface area contributed by atoms with E-state index in [4.69, 9.17) is 4.42 Å². The normalized spacial score (nSPS) is 22.5. The first-order valence-corrected chi connectivity index (χ1v) is 6.24. The lowest BCUT2D eigenvalue weighted by Crippen LogP contribution is -2.24. The highest BCUT2D eigenvalue weighted by Crippen LogP contribution is 2.35. The molecule has 1 aromatic carbocycles. The fourth-order valence-electron chi connectivity index (χ4n) is 2.46. The molecule has 0 radical (unpaired) electrons. The van der Waals surface area contributed by atoms with E-state index in [1.165, 1.54) is 6.07 Å². The lowest BCUT2D eigenvalue weighted by Gasteiger charge is -2.22. The van der Waals surface area contributed by atoms with Crippen LogP contribution < -0.4 is 4.90 Å². The molecule has 1 aliphatic rings. The molecule has 106 valence electrons. The number of rotatable bonds is 2. The first-order valence-electron chi connectivity index (χ1n) is 6.24. The highest BCUT2D eigenvalue weighted by Gasteiger charge is 2.35. The first-order chi connectivity index (χ1) is 9.54. The van der Waals surface area contributed by atoms with Gasteiger partial charge in [-0.25, -0.2) is 8.78 Å². The molecule has 0 saturated carbocycles. The molecule has 1 aromatic heterocycles. The molecule has 0 bridgehead atoms. The first kappa shape index (κ1) is 13.0. The number of hydrogen-bond donors (Lipinski definition) is 1. The average molecular weight is 281 g/mol. The quantitative estimate of drug-likeness (QED) is 0.911. The van der Waals surface area contributed by atoms with E-state index in [1.54, 1.807) is 11.8 Å². The summed E-state index contributed by atoms with van der Waals surface area (Å²) in [4.78, 5) is 1.71. The van der Waals surface area contributed by atoms with Crippen LogP contribution in [0.15, 0.2) is 22.6 Å². The maximum absolute atomic E-state index is 13.4. The molecule has 2 heterocycles. The van der Waals surface area contributed by atoms with Crippen LogP contribution in [0.5, 0.6) is 0 Å². The van der Waals surface area contributed by atoms with Crippen LogP contribution in [0.1, 0.15) is 23.9 Å². The van der Waals surface area contributed by atoms with Gasteiger partial charge in [0.15, 0.2) is 11.6 Å². The summed E-state index contributed by atoms with van der Waals surface area (Å²) in [6, 6.07) is 3.66. The number of anilines is 1. The molecule has 1 aliphatic heterocycles. The van der Waals surface area contributed by atoms with Gasteiger partial charge in [-0.15, -0.1) is 5.10 Å². The minimum Gasteiger partial charge on any atom is -0.408 e. The van der Waals surface area contributed by atoms with Crippen molar-refractivity contribution >= 4 is 6.01 Å². The molecular weight excluding hydrogens is 268 g/mol. The number of hydrogen-bond acceptors (Lipinski definition) is 5. The Morgan fingerprint density at radius 1 is 1.30 bits per heavy atom. The third-order valence-corrected chi connectivity index (χ3v) is 3.37. The van der Waals surface area contributed by atoms with Crippen molar-refractivity contribution in [3.63, 3.8) is 0 Å². The molecule has 1 N–H and O–H groups in total. The molecule has 0 spiro atoms. The Labute approximate surface area is 113 Å². The summed E-state index contributed by atoms with van der Waals surface area (Å²) >= 11 is 0. The van der Waals surface area contributed by atoms with E-state index in [9.17, 15) is 13.9 Å². The Morgan fingerprint density at radius 3 is 2.75 bits per heavy atom. The largest absolute Gasteiger partial charge is 0.408 e. The van der Waals surface area contributed by atoms with Gasteiger partial charge in [-0.05, 0) is 24.1 Å². The van der Waals surface area contributed by atoms with Crippen LogP contribution in [-0.2, 0) is 0 Å². The Kier molecular flexibility index (Phi) is 3.13. The smallest absolute Gasteiger partial charge is 0.318 e. The number of aliphatic hydroxyl groups is 1. The van der Waals surface area contributed by atoms with Crippen LogP contribution in [0.25, 0.3) is 0 Å². The lowest BCUT2D eigenvalue weighted by atomic mass is 10.0. The number of nitrogens with zero attached hydrogens (tertiary/aromatic N) is 3. The number of β-amino-alcohol motifs (C(OH)–C–C–N with tert-alkyl or cyclic N) is 1. The van der Waals surface area contributed by atoms with Crippen LogP contribution in [0, 0.1) is 18.6 Å². The van der Waals surface area contributed by atoms with Gasteiger partial charge in [-0.3, -0.25) is 0 Å². The van der Waals surface area contributed by atoms with Crippen molar-refractivity contribution < 1.29 is 18.3 Å². The molecule has 1 saturated heterocycles. The lowest BCUT2D eigenvalue weighted by molar-refractivity contribution is 0.194. The minimum atomic E-state index is -0.912. The highest BCUT2D eigenvalue weighted by atomic mass is 19.2. The summed E-state index contributed by atoms with van der Waals surface area (Å²) in [7, 11) is 0. The molecule has 1 fully saturated rings. The van der Waals surface area contributed by atoms with Gasteiger partial charge in [0, 0.05) is 13.5 Å². The number of benzene rings is 1. The third-order valence-electron chi connectivity index (χ3n) is 3.37. The van der Waals surface area contributed by atoms with Gasteiger partial charge in [0.1, 0.15) is 0 Å². The molecule has 20 heavy (non-hydrogen) atoms. The van der Waals surface area contributed by atoms with Crippen LogP contribution in [0.2, 0.25) is 0 Å². The van der Waals surface area contributed by atoms with Crippen LogP contribution in [0.4, 0.5) is 14.8 Å². The van der Waals surface area contributed by atoms with Crippen LogP contribution >= 0.6 is 0 Å². The number of aromatic nitrogens is 2. The molecule has 0 aliphatic carbocycles. The van der Waals surface area contributed by atoms with Crippen molar-refractivity contribution in [1.29, 1.82) is 0 Å². The summed E-state index contributed by atoms with van der Waals surface area (Å²) in [6.45, 7) is 1.97. The van der Waals surface area contributed by atoms with Gasteiger partial charge in [0.2, 0.25) is 5.89 Å². The van der Waals surface area contributed by atoms with Gasteiger partial charge >= 0.3 is 6.01 Å². The Hall–Kier alpha value is -2.02. The van der Waals surface area contributed by atoms with E-state index >= 15 is 0 Å². The fraction of sp³-hybridized carbons (Fsp3) is 0.385. The molecular formula is C13H13F2N3O2. The van der Waals surface area contributed by atoms with Crippen LogP contribution in [0.3, 0.4) is 0 Å². The van der Waals surface area contributed by atoms with Gasteiger partial charge in [-0.2, -0.15) is 0 Å². The molecule has 7 heteroatoms. The molecule has 5 nitrogen and oxygen atoms in total. The highest BCUT2D eigenvalue weighted by molar-refractivity contribution is 5.37. The molecule has 0 amide bonds. The summed E-state index contributed by atoms with van der Waals surface area (Å²) in [5.41, 5.74) is 0.566. The zero-order valence-electron chi connectivity index (χ0n) is 10.8. The average Bonchev–Trinajstić information content (AvgIpc) is 2.99. The van der Waals surface area contributed by atoms with E-state index in [2.05, 4.69) is 10.2 Å². The SMILES string of the molecule is Cc1nnc(N2C[C@@H](O)C[C@H]2c2ccc(F)c(F)c2)o1. The molecule has 2 atom stereocenters. The summed E-state index contributed by atoms with van der Waals surface area (Å²) in [5, 5.41) is 17.5. The zero-order valence-corrected chi connectivity index (χ0v) is 10.8. The van der Waals surface area contributed by atoms with Crippen molar-refractivity contribution in [2.75, 3.05) is 11.4 Å². The Bertz CT molecular complexity index is 632. The molecule has 0 unspecified atom stereocenters. The molecule has 2 aromatic rings. The fourth-order valence-corrected chi connectivity index (χ4v) is 2.46. The third kappa shape index (κ3) is 2.24. The number of halogens is 2. The van der Waals surface area contributed by atoms with Gasteiger partial charge < -0.3 is 14.4 Å². The Balaban J connectivity index is 1.95. The second-order valence-electron chi connectivity index (χ2n) is 4.83. The molecule has 3 rings (SSSR count). The summed E-state index contributed by atoms with van der Waals surface area (Å²) < 4.78 is 31.7. The standard InChI is InChI=1S/C13H13F2N3O2/c1-7-16-17-13(20-7)18-6-9(19)5-12(18)8-2-3-10(14)11(15)4-8/h2-4,9,12,19H,5-6H2,1H3/t9-,12-/m0/s1. The topological polar surface area (TPSA) is 62.4 Å². The van der Waals surface area contributed by atoms with Gasteiger partial charge in [0.25, 0.3) is 0 Å². The van der Waals surface area contributed by atoms with Crippen molar-refractivity contribution in [3.05, 3.63) is 41.3 Å². The van der Waals surface area contributed by atoms with Crippen molar-refractivity contribution in [1.82, 2.24) is 10.2 Å². The summed E-state index contributed by atoms with van der Waals surface area (Å²) in [6.07, 6.45) is -0.188. The monoisotopic (exact) mass is 281 g/mol. The van der Waals surface area contributed by atoms with Crippen molar-refractivity contribution in [2.45, 2.75) is 25.5 Å². The summed E-state index contributed by atoms with van der Waals surface area (Å²) in [5.74, 6) is -1.40. The minimum absolute atomic E-state index is 0.272. The van der Waals surface area contributed by atoms with E-state index in [0.717, 1.165) is 12.1 Å². The van der Waals surface area contributed by atoms with E-state index in [1.807, 2.05) is 0 Å². The van der Waals surface area contributed by atoms with E-state index in [0.29, 0.717) is 24.4 Å². The number of aliphatic hydroxyl groups excluding tert-OH is 1. The van der Waals surface area contributed by atoms with E-state index in [-0.39, 0.29) is 12.1 Å². The van der Waals surface area contributed by atoms with Gasteiger partial charge in [0.05, 0.1) is 12.1 Å². The van der Waals surface area contributed by atoms with E-state index < -0.39 is 17.7 Å². The predicted octanol–water partition coefficient (Wildman–Crippen LogP) is 1.97. The zero-order chi connectivity index (χ0) is 14.3. The Morgan fingerprint density at radius 2 is 2.10 bits per heavy atom. The maximum atomic E-state index is 13.4. The van der Waals surface area contributed by atoms with Gasteiger partial charge in [-0.1, -0.05) is 11.2 Å². The second-order valence-corrected chi connectivity index (χ2v) is 4.83. The van der Waals surface area contributed by atoms with Crippen molar-refractivity contribution in [3.8, 4) is 0 Å².